The van der Waals surface area contributed by atoms with Crippen LogP contribution in [0.2, 0.25) is 0 Å². The van der Waals surface area contributed by atoms with Gasteiger partial charge in [0.15, 0.2) is 6.61 Å². The fourth-order valence-corrected chi connectivity index (χ4v) is 2.79. The van der Waals surface area contributed by atoms with Crippen molar-refractivity contribution in [2.24, 2.45) is 5.92 Å². The number of amides is 2. The van der Waals surface area contributed by atoms with E-state index in [1.54, 1.807) is 18.2 Å². The average Bonchev–Trinajstić information content (AvgIpc) is 3.07. The van der Waals surface area contributed by atoms with Crippen molar-refractivity contribution < 1.29 is 19.1 Å². The second-order valence-corrected chi connectivity index (χ2v) is 6.25. The quantitative estimate of drug-likeness (QED) is 0.738. The Morgan fingerprint density at radius 2 is 1.83 bits per heavy atom. The molecule has 2 N–H and O–H groups in total. The van der Waals surface area contributed by atoms with Gasteiger partial charge in [-0.1, -0.05) is 25.0 Å². The Bertz CT molecular complexity index is 585. The summed E-state index contributed by atoms with van der Waals surface area (Å²) in [6.45, 7) is -0.529. The van der Waals surface area contributed by atoms with Crippen LogP contribution in [0, 0.1) is 5.92 Å². The molecule has 1 saturated carbocycles. The Morgan fingerprint density at radius 3 is 2.52 bits per heavy atom. The summed E-state index contributed by atoms with van der Waals surface area (Å²) >= 11 is 3.32. The molecule has 0 unspecified atom stereocenters. The van der Waals surface area contributed by atoms with Crippen molar-refractivity contribution in [1.82, 2.24) is 5.32 Å². The number of para-hydroxylation sites is 1. The lowest BCUT2D eigenvalue weighted by molar-refractivity contribution is -0.152. The number of halogens is 1. The first-order chi connectivity index (χ1) is 11.1. The lowest BCUT2D eigenvalue weighted by atomic mass is 10.1. The number of hydrogen-bond acceptors (Lipinski definition) is 4. The summed E-state index contributed by atoms with van der Waals surface area (Å²) in [6.07, 6.45) is 3.71. The zero-order valence-corrected chi connectivity index (χ0v) is 14.2. The monoisotopic (exact) mass is 382 g/mol. The van der Waals surface area contributed by atoms with E-state index in [2.05, 4.69) is 26.6 Å². The number of benzene rings is 1. The standard InChI is InChI=1S/C16H19BrN2O4/c17-12-7-3-4-8-13(12)19-14(20)9-18-15(21)10-23-16(22)11-5-1-2-6-11/h3-4,7-8,11H,1-2,5-6,9-10H2,(H,18,21)(H,19,20). The van der Waals surface area contributed by atoms with Gasteiger partial charge in [0.25, 0.3) is 5.91 Å². The molecule has 23 heavy (non-hydrogen) atoms. The van der Waals surface area contributed by atoms with Crippen LogP contribution in [0.1, 0.15) is 25.7 Å². The third-order valence-electron chi connectivity index (χ3n) is 3.63. The third kappa shape index (κ3) is 5.67. The molecule has 1 fully saturated rings. The smallest absolute Gasteiger partial charge is 0.309 e. The van der Waals surface area contributed by atoms with E-state index in [-0.39, 0.29) is 30.9 Å². The number of carbonyl (C=O) groups excluding carboxylic acids is 3. The fourth-order valence-electron chi connectivity index (χ4n) is 2.40. The van der Waals surface area contributed by atoms with Crippen LogP contribution >= 0.6 is 15.9 Å². The van der Waals surface area contributed by atoms with Crippen LogP contribution < -0.4 is 10.6 Å². The first-order valence-corrected chi connectivity index (χ1v) is 8.33. The molecule has 124 valence electrons. The Morgan fingerprint density at radius 1 is 1.13 bits per heavy atom. The van der Waals surface area contributed by atoms with Gasteiger partial charge in [0.05, 0.1) is 18.2 Å². The maximum Gasteiger partial charge on any atom is 0.309 e. The van der Waals surface area contributed by atoms with Crippen molar-refractivity contribution in [2.75, 3.05) is 18.5 Å². The molecule has 7 heteroatoms. The molecule has 2 amide bonds. The van der Waals surface area contributed by atoms with Gasteiger partial charge in [0.2, 0.25) is 5.91 Å². The zero-order valence-electron chi connectivity index (χ0n) is 12.6. The Balaban J connectivity index is 1.66. The summed E-state index contributed by atoms with van der Waals surface area (Å²) in [6, 6.07) is 7.17. The molecule has 1 aliphatic carbocycles. The summed E-state index contributed by atoms with van der Waals surface area (Å²) < 4.78 is 5.72. The summed E-state index contributed by atoms with van der Waals surface area (Å²) in [4.78, 5) is 35.1. The van der Waals surface area contributed by atoms with Gasteiger partial charge in [-0.05, 0) is 40.9 Å². The molecule has 0 aliphatic heterocycles. The van der Waals surface area contributed by atoms with Crippen LogP contribution in [0.4, 0.5) is 5.69 Å². The highest BCUT2D eigenvalue weighted by Gasteiger charge is 2.24. The molecule has 0 aromatic heterocycles. The van der Waals surface area contributed by atoms with E-state index in [1.807, 2.05) is 6.07 Å². The predicted octanol–water partition coefficient (Wildman–Crippen LogP) is 2.24. The van der Waals surface area contributed by atoms with Crippen molar-refractivity contribution in [3.8, 4) is 0 Å². The number of esters is 1. The lowest BCUT2D eigenvalue weighted by Gasteiger charge is -2.10. The molecule has 0 radical (unpaired) electrons. The number of hydrogen-bond donors (Lipinski definition) is 2. The van der Waals surface area contributed by atoms with Crippen LogP contribution in [0.15, 0.2) is 28.7 Å². The molecule has 0 atom stereocenters. The average molecular weight is 383 g/mol. The molecule has 0 saturated heterocycles. The van der Waals surface area contributed by atoms with E-state index >= 15 is 0 Å². The summed E-state index contributed by atoms with van der Waals surface area (Å²) in [7, 11) is 0. The fraction of sp³-hybridized carbons (Fsp3) is 0.438. The van der Waals surface area contributed by atoms with Gasteiger partial charge in [0.1, 0.15) is 0 Å². The number of anilines is 1. The maximum absolute atomic E-state index is 11.8. The van der Waals surface area contributed by atoms with Crippen molar-refractivity contribution >= 4 is 39.4 Å². The Hall–Kier alpha value is -1.89. The first kappa shape index (κ1) is 17.5. The van der Waals surface area contributed by atoms with Crippen LogP contribution in [0.25, 0.3) is 0 Å². The summed E-state index contributed by atoms with van der Waals surface area (Å²) in [5.74, 6) is -1.25. The second-order valence-electron chi connectivity index (χ2n) is 5.39. The van der Waals surface area contributed by atoms with E-state index in [1.165, 1.54) is 0 Å². The third-order valence-corrected chi connectivity index (χ3v) is 4.32. The van der Waals surface area contributed by atoms with Crippen LogP contribution in [-0.2, 0) is 19.1 Å². The second kappa shape index (κ2) is 8.67. The van der Waals surface area contributed by atoms with Crippen molar-refractivity contribution in [3.63, 3.8) is 0 Å². The molecule has 1 aliphatic rings. The topological polar surface area (TPSA) is 84.5 Å². The van der Waals surface area contributed by atoms with Gasteiger partial charge in [-0.25, -0.2) is 0 Å². The van der Waals surface area contributed by atoms with E-state index in [9.17, 15) is 14.4 Å². The minimum atomic E-state index is -0.487. The minimum absolute atomic E-state index is 0.0819. The van der Waals surface area contributed by atoms with Crippen molar-refractivity contribution in [2.45, 2.75) is 25.7 Å². The Labute approximate surface area is 143 Å². The van der Waals surface area contributed by atoms with Gasteiger partial charge in [-0.2, -0.15) is 0 Å². The molecule has 2 rings (SSSR count). The highest BCUT2D eigenvalue weighted by atomic mass is 79.9. The van der Waals surface area contributed by atoms with Gasteiger partial charge in [-0.15, -0.1) is 0 Å². The van der Waals surface area contributed by atoms with Crippen LogP contribution in [0.3, 0.4) is 0 Å². The number of carbonyl (C=O) groups is 3. The molecular formula is C16H19BrN2O4. The molecule has 1 aromatic rings. The van der Waals surface area contributed by atoms with Gasteiger partial charge in [0, 0.05) is 4.47 Å². The predicted molar refractivity (Wildman–Crippen MR) is 88.7 cm³/mol. The van der Waals surface area contributed by atoms with E-state index in [4.69, 9.17) is 4.74 Å². The van der Waals surface area contributed by atoms with E-state index in [0.717, 1.165) is 30.2 Å². The van der Waals surface area contributed by atoms with E-state index < -0.39 is 5.91 Å². The van der Waals surface area contributed by atoms with Gasteiger partial charge < -0.3 is 15.4 Å². The number of ether oxygens (including phenoxy) is 1. The van der Waals surface area contributed by atoms with E-state index in [0.29, 0.717) is 5.69 Å². The Kier molecular flexibility index (Phi) is 6.58. The minimum Gasteiger partial charge on any atom is -0.455 e. The highest BCUT2D eigenvalue weighted by molar-refractivity contribution is 9.10. The molecule has 6 nitrogen and oxygen atoms in total. The van der Waals surface area contributed by atoms with Crippen LogP contribution in [0.5, 0.6) is 0 Å². The molecule has 0 heterocycles. The summed E-state index contributed by atoms with van der Waals surface area (Å²) in [5.41, 5.74) is 0.624. The maximum atomic E-state index is 11.8. The van der Waals surface area contributed by atoms with Crippen LogP contribution in [-0.4, -0.2) is 30.9 Å². The molecule has 1 aromatic carbocycles. The lowest BCUT2D eigenvalue weighted by Crippen LogP contribution is -2.36. The van der Waals surface area contributed by atoms with Gasteiger partial charge >= 0.3 is 5.97 Å². The van der Waals surface area contributed by atoms with Crippen molar-refractivity contribution in [3.05, 3.63) is 28.7 Å². The SMILES string of the molecule is O=C(COC(=O)C1CCCC1)NCC(=O)Nc1ccccc1Br. The van der Waals surface area contributed by atoms with Gasteiger partial charge in [-0.3, -0.25) is 14.4 Å². The first-order valence-electron chi connectivity index (χ1n) is 7.54. The highest BCUT2D eigenvalue weighted by Crippen LogP contribution is 2.25. The number of nitrogens with one attached hydrogen (secondary N) is 2. The normalized spacial score (nSPS) is 14.3. The van der Waals surface area contributed by atoms with Crippen molar-refractivity contribution in [1.29, 1.82) is 0 Å². The zero-order chi connectivity index (χ0) is 16.7. The summed E-state index contributed by atoms with van der Waals surface area (Å²) in [5, 5.41) is 5.09. The largest absolute Gasteiger partial charge is 0.455 e. The molecule has 0 bridgehead atoms. The molecular weight excluding hydrogens is 364 g/mol. The number of rotatable bonds is 6. The molecule has 0 spiro atoms.